The van der Waals surface area contributed by atoms with Crippen LogP contribution in [0.5, 0.6) is 5.75 Å². The molecule has 1 N–H and O–H groups in total. The zero-order chi connectivity index (χ0) is 26.0. The number of nitrogens with zero attached hydrogens (tertiary/aromatic N) is 1. The van der Waals surface area contributed by atoms with Crippen molar-refractivity contribution in [2.75, 3.05) is 11.9 Å². The Hall–Kier alpha value is -2.66. The molecule has 200 valence electrons. The molecule has 0 radical (unpaired) electrons. The van der Waals surface area contributed by atoms with Gasteiger partial charge in [0.1, 0.15) is 5.75 Å². The van der Waals surface area contributed by atoms with Gasteiger partial charge in [0.05, 0.1) is 24.1 Å². The van der Waals surface area contributed by atoms with E-state index in [1.165, 1.54) is 70.6 Å². The van der Waals surface area contributed by atoms with Gasteiger partial charge in [-0.05, 0) is 30.2 Å². The largest absolute Gasteiger partial charge is 0.494 e. The zero-order valence-electron chi connectivity index (χ0n) is 22.6. The summed E-state index contributed by atoms with van der Waals surface area (Å²) in [5, 5.41) is 5.13. The Kier molecular flexibility index (Phi) is 13.9. The smallest absolute Gasteiger partial charge is 0.228 e. The molecule has 0 aliphatic rings. The monoisotopic (exact) mass is 521 g/mol. The number of unbranched alkanes of at least 4 members (excludes halogenated alkanes) is 11. The van der Waals surface area contributed by atoms with E-state index < -0.39 is 0 Å². The maximum atomic E-state index is 12.7. The third-order valence-electron chi connectivity index (χ3n) is 6.73. The normalized spacial score (nSPS) is 10.9. The van der Waals surface area contributed by atoms with Crippen LogP contribution in [0.2, 0.25) is 0 Å². The number of nitrogens with one attached hydrogen (secondary N) is 1. The van der Waals surface area contributed by atoms with Gasteiger partial charge >= 0.3 is 0 Å². The number of hydrogen-bond donors (Lipinski definition) is 1. The summed E-state index contributed by atoms with van der Waals surface area (Å²) in [5.41, 5.74) is 5.02. The molecule has 5 heteroatoms. The molecule has 1 aromatic heterocycles. The van der Waals surface area contributed by atoms with Crippen molar-refractivity contribution in [2.24, 2.45) is 0 Å². The number of para-hydroxylation sites is 1. The lowest BCUT2D eigenvalue weighted by Gasteiger charge is -2.10. The average Bonchev–Trinajstić information content (AvgIpc) is 3.42. The van der Waals surface area contributed by atoms with Crippen LogP contribution >= 0.6 is 11.3 Å². The van der Waals surface area contributed by atoms with Gasteiger partial charge in [0.25, 0.3) is 0 Å². The van der Waals surface area contributed by atoms with Crippen molar-refractivity contribution in [2.45, 2.75) is 96.9 Å². The lowest BCUT2D eigenvalue weighted by Crippen LogP contribution is -2.31. The van der Waals surface area contributed by atoms with Gasteiger partial charge in [-0.2, -0.15) is 4.57 Å². The molecule has 0 saturated heterocycles. The van der Waals surface area contributed by atoms with E-state index in [1.807, 2.05) is 54.0 Å². The number of carbonyl (C=O) groups excluding carboxylic acids is 1. The van der Waals surface area contributed by atoms with E-state index >= 15 is 0 Å². The molecule has 3 rings (SSSR count). The fourth-order valence-electron chi connectivity index (χ4n) is 4.54. The maximum Gasteiger partial charge on any atom is 0.228 e. The molecular formula is C32H45N2O2S+. The van der Waals surface area contributed by atoms with Crippen LogP contribution in [0.4, 0.5) is 5.69 Å². The summed E-state index contributed by atoms with van der Waals surface area (Å²) in [6.07, 6.45) is 18.6. The van der Waals surface area contributed by atoms with E-state index in [-0.39, 0.29) is 5.91 Å². The van der Waals surface area contributed by atoms with E-state index in [1.54, 1.807) is 11.3 Å². The highest BCUT2D eigenvalue weighted by Crippen LogP contribution is 2.18. The summed E-state index contributed by atoms with van der Waals surface area (Å²) in [4.78, 5) is 12.7. The van der Waals surface area contributed by atoms with Gasteiger partial charge in [-0.1, -0.05) is 119 Å². The summed E-state index contributed by atoms with van der Waals surface area (Å²) < 4.78 is 8.03. The lowest BCUT2D eigenvalue weighted by atomic mass is 10.1. The Morgan fingerprint density at radius 3 is 2.14 bits per heavy atom. The fraction of sp³-hybridized carbons (Fsp3) is 0.500. The van der Waals surface area contributed by atoms with Gasteiger partial charge in [-0.25, -0.2) is 0 Å². The van der Waals surface area contributed by atoms with Crippen LogP contribution in [0.3, 0.4) is 0 Å². The van der Waals surface area contributed by atoms with Gasteiger partial charge in [0.15, 0.2) is 12.7 Å². The fourth-order valence-corrected chi connectivity index (χ4v) is 5.14. The van der Waals surface area contributed by atoms with Crippen LogP contribution in [0, 0.1) is 0 Å². The van der Waals surface area contributed by atoms with Crippen molar-refractivity contribution >= 4 is 22.9 Å². The third kappa shape index (κ3) is 12.0. The van der Waals surface area contributed by atoms with Crippen molar-refractivity contribution < 1.29 is 14.1 Å². The number of aromatic nitrogens is 1. The van der Waals surface area contributed by atoms with Crippen LogP contribution in [0.25, 0.3) is 0 Å². The van der Waals surface area contributed by atoms with E-state index in [9.17, 15) is 4.79 Å². The van der Waals surface area contributed by atoms with Crippen molar-refractivity contribution in [3.63, 3.8) is 0 Å². The number of benzene rings is 2. The first kappa shape index (κ1) is 28.9. The SMILES string of the molecule is CCCCCCCCCCCCCCOc1ccc(CC(=O)Nc2ccccc2C[n+]2ccsc2)cc1. The Bertz CT molecular complexity index is 1000. The van der Waals surface area contributed by atoms with Crippen molar-refractivity contribution in [1.82, 2.24) is 0 Å². The summed E-state index contributed by atoms with van der Waals surface area (Å²) in [6.45, 7) is 3.78. The second kappa shape index (κ2) is 17.7. The van der Waals surface area contributed by atoms with Crippen LogP contribution in [-0.2, 0) is 17.8 Å². The van der Waals surface area contributed by atoms with Crippen LogP contribution in [0.15, 0.2) is 65.6 Å². The Labute approximate surface area is 228 Å². The molecule has 0 atom stereocenters. The zero-order valence-corrected chi connectivity index (χ0v) is 23.4. The second-order valence-corrected chi connectivity index (χ2v) is 10.7. The number of thiazole rings is 1. The first-order chi connectivity index (χ1) is 18.2. The lowest BCUT2D eigenvalue weighted by molar-refractivity contribution is -0.683. The molecule has 0 fully saturated rings. The minimum Gasteiger partial charge on any atom is -0.494 e. The first-order valence-corrected chi connectivity index (χ1v) is 15.2. The highest BCUT2D eigenvalue weighted by molar-refractivity contribution is 7.07. The molecule has 1 amide bonds. The van der Waals surface area contributed by atoms with E-state index in [0.717, 1.165) is 42.1 Å². The van der Waals surface area contributed by atoms with Crippen molar-refractivity contribution in [3.05, 3.63) is 76.7 Å². The molecular weight excluding hydrogens is 476 g/mol. The summed E-state index contributed by atoms with van der Waals surface area (Å²) in [7, 11) is 0. The second-order valence-electron chi connectivity index (χ2n) is 9.96. The molecule has 37 heavy (non-hydrogen) atoms. The summed E-state index contributed by atoms with van der Waals surface area (Å²) >= 11 is 1.66. The van der Waals surface area contributed by atoms with Gasteiger partial charge in [-0.15, -0.1) is 0 Å². The molecule has 2 aromatic carbocycles. The molecule has 0 saturated carbocycles. The Morgan fingerprint density at radius 1 is 0.838 bits per heavy atom. The van der Waals surface area contributed by atoms with E-state index in [4.69, 9.17) is 4.74 Å². The van der Waals surface area contributed by atoms with E-state index in [2.05, 4.69) is 28.4 Å². The predicted octanol–water partition coefficient (Wildman–Crippen LogP) is 8.35. The van der Waals surface area contributed by atoms with Gasteiger partial charge < -0.3 is 10.1 Å². The number of hydrogen-bond acceptors (Lipinski definition) is 3. The summed E-state index contributed by atoms with van der Waals surface area (Å²) in [6, 6.07) is 15.9. The summed E-state index contributed by atoms with van der Waals surface area (Å²) in [5.74, 6) is 0.873. The molecule has 3 aromatic rings. The van der Waals surface area contributed by atoms with Gasteiger partial charge in [0, 0.05) is 5.56 Å². The number of anilines is 1. The molecule has 0 aliphatic heterocycles. The van der Waals surface area contributed by atoms with Crippen LogP contribution in [-0.4, -0.2) is 12.5 Å². The average molecular weight is 522 g/mol. The minimum absolute atomic E-state index is 0.00655. The molecule has 1 heterocycles. The van der Waals surface area contributed by atoms with E-state index in [0.29, 0.717) is 6.42 Å². The molecule has 0 bridgehead atoms. The van der Waals surface area contributed by atoms with Gasteiger partial charge in [-0.3, -0.25) is 4.79 Å². The highest BCUT2D eigenvalue weighted by Gasteiger charge is 2.11. The van der Waals surface area contributed by atoms with Crippen molar-refractivity contribution in [3.8, 4) is 5.75 Å². The van der Waals surface area contributed by atoms with Crippen LogP contribution in [0.1, 0.15) is 95.1 Å². The molecule has 0 unspecified atom stereocenters. The minimum atomic E-state index is -0.00655. The topological polar surface area (TPSA) is 42.2 Å². The number of carbonyl (C=O) groups is 1. The van der Waals surface area contributed by atoms with Crippen LogP contribution < -0.4 is 14.6 Å². The standard InChI is InChI=1S/C32H44N2O2S/c1-2-3-4-5-6-7-8-9-10-11-12-15-23-36-30-20-18-28(19-21-30)25-32(35)33-31-17-14-13-16-29(31)26-34-22-24-37-27-34/h13-14,16-22,24,27H,2-12,15,23,25-26H2,1H3/p+1. The first-order valence-electron chi connectivity index (χ1n) is 14.3. The maximum absolute atomic E-state index is 12.7. The number of amides is 1. The molecule has 4 nitrogen and oxygen atoms in total. The highest BCUT2D eigenvalue weighted by atomic mass is 32.1. The molecule has 0 aliphatic carbocycles. The Balaban J connectivity index is 1.26. The quantitative estimate of drug-likeness (QED) is 0.127. The Morgan fingerprint density at radius 2 is 1.49 bits per heavy atom. The molecule has 0 spiro atoms. The number of ether oxygens (including phenoxy) is 1. The van der Waals surface area contributed by atoms with Gasteiger partial charge in [0.2, 0.25) is 11.4 Å². The number of rotatable bonds is 19. The predicted molar refractivity (Wildman–Crippen MR) is 155 cm³/mol. The van der Waals surface area contributed by atoms with Crippen molar-refractivity contribution in [1.29, 1.82) is 0 Å². The third-order valence-corrected chi connectivity index (χ3v) is 7.40.